The summed E-state index contributed by atoms with van der Waals surface area (Å²) in [6, 6.07) is 10.6. The number of carbonyl (C=O) groups excluding carboxylic acids is 1. The van der Waals surface area contributed by atoms with Crippen LogP contribution in [0.3, 0.4) is 0 Å². The molecule has 0 saturated carbocycles. The zero-order valence-corrected chi connectivity index (χ0v) is 13.6. The molecule has 0 fully saturated rings. The SMILES string of the molecule is O=C(Nc1ccc(Cl)cc1)c1cc(Cl)ccc1[O-].[Na+]. The summed E-state index contributed by atoms with van der Waals surface area (Å²) in [5.74, 6) is -0.865. The maximum absolute atomic E-state index is 11.9. The Hall–Kier alpha value is -0.710. The van der Waals surface area contributed by atoms with Gasteiger partial charge in [-0.2, -0.15) is 0 Å². The molecule has 0 aliphatic rings. The van der Waals surface area contributed by atoms with E-state index in [1.807, 2.05) is 0 Å². The predicted octanol–water partition coefficient (Wildman–Crippen LogP) is 0.323. The van der Waals surface area contributed by atoms with Crippen molar-refractivity contribution in [2.45, 2.75) is 0 Å². The summed E-state index contributed by atoms with van der Waals surface area (Å²) >= 11 is 11.5. The molecule has 6 heteroatoms. The molecular weight excluding hydrogens is 296 g/mol. The molecule has 0 bridgehead atoms. The molecule has 0 radical (unpaired) electrons. The summed E-state index contributed by atoms with van der Waals surface area (Å²) in [7, 11) is 0. The van der Waals surface area contributed by atoms with E-state index in [4.69, 9.17) is 23.2 Å². The van der Waals surface area contributed by atoms with Crippen molar-refractivity contribution in [1.82, 2.24) is 0 Å². The van der Waals surface area contributed by atoms with E-state index in [0.29, 0.717) is 15.7 Å². The van der Waals surface area contributed by atoms with Crippen molar-refractivity contribution in [3.63, 3.8) is 0 Å². The first-order chi connectivity index (χ1) is 8.56. The van der Waals surface area contributed by atoms with Gasteiger partial charge in [-0.15, -0.1) is 0 Å². The normalized spacial score (nSPS) is 9.58. The Morgan fingerprint density at radius 1 is 1.00 bits per heavy atom. The minimum Gasteiger partial charge on any atom is -0.872 e. The van der Waals surface area contributed by atoms with Crippen molar-refractivity contribution in [3.8, 4) is 5.75 Å². The van der Waals surface area contributed by atoms with E-state index in [2.05, 4.69) is 5.32 Å². The fourth-order valence-electron chi connectivity index (χ4n) is 1.41. The maximum atomic E-state index is 11.9. The number of hydrogen-bond acceptors (Lipinski definition) is 2. The van der Waals surface area contributed by atoms with E-state index < -0.39 is 5.91 Å². The molecule has 92 valence electrons. The molecular formula is C13H8Cl2NNaO2. The molecule has 2 aromatic carbocycles. The Morgan fingerprint density at radius 3 is 2.21 bits per heavy atom. The van der Waals surface area contributed by atoms with Crippen LogP contribution in [-0.2, 0) is 0 Å². The number of rotatable bonds is 2. The smallest absolute Gasteiger partial charge is 0.872 e. The van der Waals surface area contributed by atoms with E-state index in [1.54, 1.807) is 24.3 Å². The van der Waals surface area contributed by atoms with Gasteiger partial charge in [-0.1, -0.05) is 35.0 Å². The zero-order valence-electron chi connectivity index (χ0n) is 10.1. The summed E-state index contributed by atoms with van der Waals surface area (Å²) in [4.78, 5) is 11.9. The van der Waals surface area contributed by atoms with Crippen LogP contribution in [0.2, 0.25) is 10.0 Å². The van der Waals surface area contributed by atoms with Gasteiger partial charge in [0.25, 0.3) is 5.91 Å². The minimum atomic E-state index is -0.496. The van der Waals surface area contributed by atoms with Crippen molar-refractivity contribution >= 4 is 34.8 Å². The van der Waals surface area contributed by atoms with Crippen LogP contribution in [-0.4, -0.2) is 5.91 Å². The van der Waals surface area contributed by atoms with Gasteiger partial charge in [-0.25, -0.2) is 0 Å². The van der Waals surface area contributed by atoms with E-state index in [1.165, 1.54) is 18.2 Å². The Morgan fingerprint density at radius 2 is 1.58 bits per heavy atom. The second kappa shape index (κ2) is 7.17. The summed E-state index contributed by atoms with van der Waals surface area (Å²) in [5.41, 5.74) is 0.571. The molecule has 0 aromatic heterocycles. The number of carbonyl (C=O) groups is 1. The van der Waals surface area contributed by atoms with E-state index in [9.17, 15) is 9.90 Å². The molecule has 0 aliphatic carbocycles. The number of amides is 1. The first kappa shape index (κ1) is 16.3. The molecule has 3 nitrogen and oxygen atoms in total. The van der Waals surface area contributed by atoms with Crippen molar-refractivity contribution in [2.24, 2.45) is 0 Å². The third kappa shape index (κ3) is 4.41. The topological polar surface area (TPSA) is 52.2 Å². The number of halogens is 2. The zero-order chi connectivity index (χ0) is 13.1. The molecule has 2 aromatic rings. The van der Waals surface area contributed by atoms with E-state index >= 15 is 0 Å². The number of benzene rings is 2. The first-order valence-corrected chi connectivity index (χ1v) is 5.85. The second-order valence-corrected chi connectivity index (χ2v) is 4.47. The first-order valence-electron chi connectivity index (χ1n) is 5.10. The van der Waals surface area contributed by atoms with E-state index in [-0.39, 0.29) is 40.9 Å². The van der Waals surface area contributed by atoms with Gasteiger partial charge in [-0.3, -0.25) is 4.79 Å². The van der Waals surface area contributed by atoms with Gasteiger partial charge in [0.15, 0.2) is 0 Å². The Kier molecular flexibility index (Phi) is 6.17. The van der Waals surface area contributed by atoms with Crippen molar-refractivity contribution in [1.29, 1.82) is 0 Å². The summed E-state index contributed by atoms with van der Waals surface area (Å²) in [6.07, 6.45) is 0. The summed E-state index contributed by atoms with van der Waals surface area (Å²) in [6.45, 7) is 0. The van der Waals surface area contributed by atoms with Gasteiger partial charge in [0.1, 0.15) is 0 Å². The standard InChI is InChI=1S/C13H9Cl2NO2.Na/c14-8-1-4-10(5-2-8)16-13(18)11-7-9(15)3-6-12(11)17;/h1-7,17H,(H,16,18);/q;+1/p-1. The third-order valence-electron chi connectivity index (χ3n) is 2.29. The van der Waals surface area contributed by atoms with Crippen LogP contribution in [0.4, 0.5) is 5.69 Å². The Bertz CT molecular complexity index is 588. The van der Waals surface area contributed by atoms with Gasteiger partial charge < -0.3 is 10.4 Å². The number of anilines is 1. The minimum absolute atomic E-state index is 0. The molecule has 0 unspecified atom stereocenters. The van der Waals surface area contributed by atoms with Crippen LogP contribution in [0.1, 0.15) is 10.4 Å². The molecule has 19 heavy (non-hydrogen) atoms. The van der Waals surface area contributed by atoms with Crippen LogP contribution in [0.25, 0.3) is 0 Å². The monoisotopic (exact) mass is 303 g/mol. The average Bonchev–Trinajstić information content (AvgIpc) is 2.35. The maximum Gasteiger partial charge on any atom is 1.00 e. The van der Waals surface area contributed by atoms with Crippen molar-refractivity contribution in [2.75, 3.05) is 5.32 Å². The molecule has 0 heterocycles. The largest absolute Gasteiger partial charge is 1.00 e. The van der Waals surface area contributed by atoms with Gasteiger partial charge in [0.05, 0.1) is 0 Å². The molecule has 1 amide bonds. The van der Waals surface area contributed by atoms with E-state index in [0.717, 1.165) is 0 Å². The Balaban J connectivity index is 0.00000180. The fourth-order valence-corrected chi connectivity index (χ4v) is 1.71. The number of nitrogens with one attached hydrogen (secondary N) is 1. The molecule has 0 spiro atoms. The molecule has 0 aliphatic heterocycles. The molecule has 0 atom stereocenters. The molecule has 2 rings (SSSR count). The van der Waals surface area contributed by atoms with Crippen LogP contribution < -0.4 is 40.0 Å². The van der Waals surface area contributed by atoms with Crippen molar-refractivity contribution < 1.29 is 39.5 Å². The second-order valence-electron chi connectivity index (χ2n) is 3.60. The van der Waals surface area contributed by atoms with Crippen LogP contribution in [0.5, 0.6) is 5.75 Å². The predicted molar refractivity (Wildman–Crippen MR) is 70.3 cm³/mol. The average molecular weight is 304 g/mol. The van der Waals surface area contributed by atoms with Crippen LogP contribution in [0, 0.1) is 0 Å². The molecule has 0 saturated heterocycles. The van der Waals surface area contributed by atoms with Gasteiger partial charge in [0.2, 0.25) is 0 Å². The Labute approximate surface area is 142 Å². The van der Waals surface area contributed by atoms with Gasteiger partial charge in [-0.05, 0) is 36.4 Å². The van der Waals surface area contributed by atoms with Crippen LogP contribution in [0.15, 0.2) is 42.5 Å². The van der Waals surface area contributed by atoms with Gasteiger partial charge in [0, 0.05) is 21.3 Å². The summed E-state index contributed by atoms with van der Waals surface area (Å²) in [5, 5.41) is 15.0. The fraction of sp³-hybridized carbons (Fsp3) is 0. The quantitative estimate of drug-likeness (QED) is 0.813. The van der Waals surface area contributed by atoms with Gasteiger partial charge >= 0.3 is 29.6 Å². The third-order valence-corrected chi connectivity index (χ3v) is 2.78. The molecule has 1 N–H and O–H groups in total. The van der Waals surface area contributed by atoms with Crippen LogP contribution >= 0.6 is 23.2 Å². The summed E-state index contributed by atoms with van der Waals surface area (Å²) < 4.78 is 0. The number of hydrogen-bond donors (Lipinski definition) is 1. The van der Waals surface area contributed by atoms with Crippen molar-refractivity contribution in [3.05, 3.63) is 58.1 Å².